The molecule has 4 nitrogen and oxygen atoms in total. The van der Waals surface area contributed by atoms with Crippen molar-refractivity contribution in [2.24, 2.45) is 5.92 Å². The van der Waals surface area contributed by atoms with E-state index in [1.807, 2.05) is 0 Å². The summed E-state index contributed by atoms with van der Waals surface area (Å²) >= 11 is 0. The van der Waals surface area contributed by atoms with Gasteiger partial charge in [0.25, 0.3) is 0 Å². The average Bonchev–Trinajstić information content (AvgIpc) is 3.16. The van der Waals surface area contributed by atoms with Crippen molar-refractivity contribution in [2.45, 2.75) is 62.8 Å². The SMILES string of the molecule is CC1C(=O)NC(C)(C2CC2)C(=O)N1C1(C(F)(F)F)CC1. The average molecular weight is 290 g/mol. The molecule has 2 amide bonds. The van der Waals surface area contributed by atoms with Crippen LogP contribution in [-0.4, -0.2) is 40.0 Å². The van der Waals surface area contributed by atoms with Crippen molar-refractivity contribution in [1.29, 1.82) is 0 Å². The van der Waals surface area contributed by atoms with Crippen LogP contribution in [-0.2, 0) is 9.59 Å². The molecule has 7 heteroatoms. The number of carbonyl (C=O) groups is 2. The first-order valence-electron chi connectivity index (χ1n) is 6.86. The zero-order valence-corrected chi connectivity index (χ0v) is 11.4. The molecule has 1 heterocycles. The molecular formula is C13H17F3N2O2. The Bertz CT molecular complexity index is 482. The molecule has 0 bridgehead atoms. The molecule has 2 unspecified atom stereocenters. The van der Waals surface area contributed by atoms with Crippen molar-refractivity contribution in [3.63, 3.8) is 0 Å². The van der Waals surface area contributed by atoms with E-state index >= 15 is 0 Å². The highest BCUT2D eigenvalue weighted by atomic mass is 19.4. The molecule has 2 atom stereocenters. The summed E-state index contributed by atoms with van der Waals surface area (Å²) in [6.45, 7) is 2.92. The number of nitrogens with one attached hydrogen (secondary N) is 1. The maximum Gasteiger partial charge on any atom is 0.411 e. The fourth-order valence-corrected chi connectivity index (χ4v) is 3.24. The number of alkyl halides is 3. The minimum atomic E-state index is -4.49. The summed E-state index contributed by atoms with van der Waals surface area (Å²) < 4.78 is 39.9. The topological polar surface area (TPSA) is 49.4 Å². The molecule has 1 saturated heterocycles. The number of carbonyl (C=O) groups excluding carboxylic acids is 2. The highest BCUT2D eigenvalue weighted by Crippen LogP contribution is 2.56. The van der Waals surface area contributed by atoms with Gasteiger partial charge in [0.15, 0.2) is 0 Å². The second-order valence-corrected chi connectivity index (χ2v) is 6.35. The van der Waals surface area contributed by atoms with Crippen LogP contribution < -0.4 is 5.32 Å². The zero-order valence-electron chi connectivity index (χ0n) is 11.4. The third-order valence-electron chi connectivity index (χ3n) is 4.92. The summed E-state index contributed by atoms with van der Waals surface area (Å²) in [5.41, 5.74) is -3.30. The number of amides is 2. The highest BCUT2D eigenvalue weighted by Gasteiger charge is 2.72. The lowest BCUT2D eigenvalue weighted by atomic mass is 9.88. The number of nitrogens with zero attached hydrogens (tertiary/aromatic N) is 1. The summed E-state index contributed by atoms with van der Waals surface area (Å²) in [6, 6.07) is -1.07. The van der Waals surface area contributed by atoms with Gasteiger partial charge in [-0.15, -0.1) is 0 Å². The van der Waals surface area contributed by atoms with E-state index in [4.69, 9.17) is 0 Å². The second-order valence-electron chi connectivity index (χ2n) is 6.35. The number of rotatable bonds is 2. The predicted octanol–water partition coefficient (Wildman–Crippen LogP) is 1.60. The molecule has 3 fully saturated rings. The van der Waals surface area contributed by atoms with Crippen LogP contribution in [0.2, 0.25) is 0 Å². The van der Waals surface area contributed by atoms with Crippen molar-refractivity contribution in [2.75, 3.05) is 0 Å². The maximum absolute atomic E-state index is 13.3. The third-order valence-corrected chi connectivity index (χ3v) is 4.92. The summed E-state index contributed by atoms with van der Waals surface area (Å²) in [5, 5.41) is 2.64. The Kier molecular flexibility index (Phi) is 2.52. The van der Waals surface area contributed by atoms with E-state index in [0.717, 1.165) is 17.7 Å². The quantitative estimate of drug-likeness (QED) is 0.839. The smallest absolute Gasteiger partial charge is 0.340 e. The van der Waals surface area contributed by atoms with Gasteiger partial charge in [-0.25, -0.2) is 0 Å². The Labute approximate surface area is 114 Å². The van der Waals surface area contributed by atoms with Gasteiger partial charge in [0.05, 0.1) is 0 Å². The van der Waals surface area contributed by atoms with Crippen LogP contribution in [0, 0.1) is 5.92 Å². The van der Waals surface area contributed by atoms with Gasteiger partial charge in [-0.1, -0.05) is 0 Å². The number of piperazine rings is 1. The summed E-state index contributed by atoms with van der Waals surface area (Å²) in [4.78, 5) is 25.5. The summed E-state index contributed by atoms with van der Waals surface area (Å²) in [7, 11) is 0. The van der Waals surface area contributed by atoms with E-state index < -0.39 is 35.1 Å². The van der Waals surface area contributed by atoms with E-state index in [-0.39, 0.29) is 18.8 Å². The Hall–Kier alpha value is -1.27. The zero-order chi connectivity index (χ0) is 14.9. The van der Waals surface area contributed by atoms with Crippen molar-refractivity contribution in [3.8, 4) is 0 Å². The Morgan fingerprint density at radius 2 is 1.80 bits per heavy atom. The maximum atomic E-state index is 13.3. The largest absolute Gasteiger partial charge is 0.411 e. The molecule has 3 rings (SSSR count). The Balaban J connectivity index is 2.00. The third kappa shape index (κ3) is 1.61. The van der Waals surface area contributed by atoms with E-state index in [9.17, 15) is 22.8 Å². The van der Waals surface area contributed by atoms with Crippen molar-refractivity contribution >= 4 is 11.8 Å². The first kappa shape index (κ1) is 13.7. The fraction of sp³-hybridized carbons (Fsp3) is 0.846. The molecule has 2 saturated carbocycles. The molecule has 0 aromatic carbocycles. The van der Waals surface area contributed by atoms with Gasteiger partial charge >= 0.3 is 6.18 Å². The first-order chi connectivity index (χ1) is 9.13. The molecule has 20 heavy (non-hydrogen) atoms. The molecule has 112 valence electrons. The van der Waals surface area contributed by atoms with Crippen LogP contribution in [0.3, 0.4) is 0 Å². The molecule has 1 aliphatic heterocycles. The van der Waals surface area contributed by atoms with Gasteiger partial charge in [0.1, 0.15) is 17.1 Å². The first-order valence-corrected chi connectivity index (χ1v) is 6.86. The van der Waals surface area contributed by atoms with Crippen LogP contribution in [0.4, 0.5) is 13.2 Å². The van der Waals surface area contributed by atoms with E-state index in [0.29, 0.717) is 0 Å². The lowest BCUT2D eigenvalue weighted by molar-refractivity contribution is -0.211. The summed E-state index contributed by atoms with van der Waals surface area (Å²) in [6.07, 6.45) is -3.17. The molecule has 0 aromatic rings. The Morgan fingerprint density at radius 3 is 2.20 bits per heavy atom. The number of hydrogen-bond acceptors (Lipinski definition) is 2. The molecule has 0 radical (unpaired) electrons. The van der Waals surface area contributed by atoms with Gasteiger partial charge in [0.2, 0.25) is 11.8 Å². The van der Waals surface area contributed by atoms with Crippen LogP contribution in [0.5, 0.6) is 0 Å². The van der Waals surface area contributed by atoms with Crippen LogP contribution in [0.25, 0.3) is 0 Å². The van der Waals surface area contributed by atoms with E-state index in [1.54, 1.807) is 6.92 Å². The second kappa shape index (κ2) is 3.68. The number of halogens is 3. The molecular weight excluding hydrogens is 273 g/mol. The van der Waals surface area contributed by atoms with Gasteiger partial charge in [0, 0.05) is 0 Å². The van der Waals surface area contributed by atoms with Crippen molar-refractivity contribution in [3.05, 3.63) is 0 Å². The minimum Gasteiger partial charge on any atom is -0.340 e. The fourth-order valence-electron chi connectivity index (χ4n) is 3.24. The number of hydrogen-bond donors (Lipinski definition) is 1. The lowest BCUT2D eigenvalue weighted by Crippen LogP contribution is -2.73. The van der Waals surface area contributed by atoms with E-state index in [2.05, 4.69) is 5.32 Å². The van der Waals surface area contributed by atoms with Crippen LogP contribution in [0.1, 0.15) is 39.5 Å². The van der Waals surface area contributed by atoms with Gasteiger partial charge in [-0.3, -0.25) is 9.59 Å². The highest BCUT2D eigenvalue weighted by molar-refractivity contribution is 6.00. The lowest BCUT2D eigenvalue weighted by Gasteiger charge is -2.47. The van der Waals surface area contributed by atoms with Crippen LogP contribution in [0.15, 0.2) is 0 Å². The van der Waals surface area contributed by atoms with Crippen molar-refractivity contribution < 1.29 is 22.8 Å². The molecule has 0 aromatic heterocycles. The van der Waals surface area contributed by atoms with Gasteiger partial charge in [-0.05, 0) is 45.4 Å². The standard InChI is InChI=1S/C13H17F3N2O2/c1-7-9(19)17-11(2,8-3-4-8)10(20)18(7)12(5-6-12)13(14,15)16/h7-8H,3-6H2,1-2H3,(H,17,19). The molecule has 2 aliphatic carbocycles. The van der Waals surface area contributed by atoms with Gasteiger partial charge < -0.3 is 10.2 Å². The van der Waals surface area contributed by atoms with Crippen molar-refractivity contribution in [1.82, 2.24) is 10.2 Å². The molecule has 1 N–H and O–H groups in total. The monoisotopic (exact) mass is 290 g/mol. The van der Waals surface area contributed by atoms with Crippen LogP contribution >= 0.6 is 0 Å². The Morgan fingerprint density at radius 1 is 1.25 bits per heavy atom. The molecule has 0 spiro atoms. The summed E-state index contributed by atoms with van der Waals surface area (Å²) in [5.74, 6) is -1.12. The normalized spacial score (nSPS) is 36.9. The van der Waals surface area contributed by atoms with Gasteiger partial charge in [-0.2, -0.15) is 13.2 Å². The molecule has 3 aliphatic rings. The minimum absolute atomic E-state index is 0.0435. The predicted molar refractivity (Wildman–Crippen MR) is 63.6 cm³/mol. The van der Waals surface area contributed by atoms with E-state index in [1.165, 1.54) is 6.92 Å².